The Morgan fingerprint density at radius 3 is 2.36 bits per heavy atom. The van der Waals surface area contributed by atoms with Crippen molar-refractivity contribution in [2.24, 2.45) is 5.92 Å². The number of rotatable bonds is 5. The van der Waals surface area contributed by atoms with Gasteiger partial charge in [0, 0.05) is 37.2 Å². The fourth-order valence-electron chi connectivity index (χ4n) is 2.79. The lowest BCUT2D eigenvalue weighted by Gasteiger charge is -2.36. The molecule has 22 heavy (non-hydrogen) atoms. The van der Waals surface area contributed by atoms with E-state index < -0.39 is 0 Å². The molecule has 0 amide bonds. The van der Waals surface area contributed by atoms with Gasteiger partial charge in [-0.05, 0) is 36.5 Å². The zero-order valence-electron chi connectivity index (χ0n) is 13.1. The highest BCUT2D eigenvalue weighted by molar-refractivity contribution is 6.31. The van der Waals surface area contributed by atoms with Crippen LogP contribution in [0.15, 0.2) is 18.2 Å². The minimum absolute atomic E-state index is 0. The Morgan fingerprint density at radius 2 is 1.82 bits per heavy atom. The molecule has 128 valence electrons. The molecule has 1 aliphatic rings. The highest BCUT2D eigenvalue weighted by atomic mass is 35.5. The first-order chi connectivity index (χ1) is 9.58. The predicted octanol–water partition coefficient (Wildman–Crippen LogP) is 4.71. The van der Waals surface area contributed by atoms with E-state index in [1.807, 2.05) is 6.07 Å². The normalized spacial score (nSPS) is 16.8. The predicted molar refractivity (Wildman–Crippen MR) is 97.2 cm³/mol. The summed E-state index contributed by atoms with van der Waals surface area (Å²) in [5.74, 6) is 0.404. The Hall–Kier alpha value is -0.0600. The van der Waals surface area contributed by atoms with Crippen molar-refractivity contribution >= 4 is 36.4 Å². The van der Waals surface area contributed by atoms with Crippen LogP contribution in [0.5, 0.6) is 0 Å². The third kappa shape index (κ3) is 6.21. The zero-order chi connectivity index (χ0) is 14.5. The second-order valence-corrected chi connectivity index (χ2v) is 6.35. The van der Waals surface area contributed by atoms with Crippen LogP contribution in [0, 0.1) is 11.7 Å². The van der Waals surface area contributed by atoms with Gasteiger partial charge in [0.25, 0.3) is 0 Å². The molecule has 0 spiro atoms. The minimum atomic E-state index is -0.262. The van der Waals surface area contributed by atoms with Crippen LogP contribution in [0.1, 0.15) is 38.3 Å². The van der Waals surface area contributed by atoms with Crippen LogP contribution in [-0.4, -0.2) is 31.1 Å². The molecular formula is C16H26Cl3FN2. The first kappa shape index (κ1) is 21.9. The maximum atomic E-state index is 13.3. The third-order valence-corrected chi connectivity index (χ3v) is 4.26. The summed E-state index contributed by atoms with van der Waals surface area (Å²) in [6.45, 7) is 8.54. The van der Waals surface area contributed by atoms with Crippen LogP contribution in [0.4, 0.5) is 4.39 Å². The van der Waals surface area contributed by atoms with Crippen molar-refractivity contribution in [3.8, 4) is 0 Å². The van der Waals surface area contributed by atoms with Gasteiger partial charge in [0.1, 0.15) is 5.82 Å². The fourth-order valence-corrected chi connectivity index (χ4v) is 3.08. The van der Waals surface area contributed by atoms with Crippen LogP contribution < -0.4 is 5.32 Å². The highest BCUT2D eigenvalue weighted by Crippen LogP contribution is 2.32. The first-order valence-electron chi connectivity index (χ1n) is 7.47. The smallest absolute Gasteiger partial charge is 0.124 e. The maximum Gasteiger partial charge on any atom is 0.124 e. The number of nitrogens with zero attached hydrogens (tertiary/aromatic N) is 1. The number of hydrogen-bond donors (Lipinski definition) is 1. The summed E-state index contributed by atoms with van der Waals surface area (Å²) in [5, 5.41) is 3.93. The van der Waals surface area contributed by atoms with E-state index in [9.17, 15) is 4.39 Å². The summed E-state index contributed by atoms with van der Waals surface area (Å²) in [6.07, 6.45) is 2.23. The summed E-state index contributed by atoms with van der Waals surface area (Å²) in [4.78, 5) is 2.47. The van der Waals surface area contributed by atoms with Gasteiger partial charge in [-0.25, -0.2) is 4.39 Å². The lowest BCUT2D eigenvalue weighted by Crippen LogP contribution is -2.45. The van der Waals surface area contributed by atoms with Crippen LogP contribution in [-0.2, 0) is 0 Å². The molecule has 2 rings (SSSR count). The summed E-state index contributed by atoms with van der Waals surface area (Å²) in [7, 11) is 0. The molecule has 1 N–H and O–H groups in total. The maximum absolute atomic E-state index is 13.3. The molecule has 2 nitrogen and oxygen atoms in total. The van der Waals surface area contributed by atoms with Crippen molar-refractivity contribution in [1.29, 1.82) is 0 Å². The number of hydrogen-bond acceptors (Lipinski definition) is 2. The molecule has 1 saturated heterocycles. The summed E-state index contributed by atoms with van der Waals surface area (Å²) in [6, 6.07) is 5.10. The molecule has 0 aromatic heterocycles. The number of halogens is 4. The Kier molecular flexibility index (Phi) is 10.6. The molecule has 0 aliphatic carbocycles. The second-order valence-electron chi connectivity index (χ2n) is 5.94. The van der Waals surface area contributed by atoms with Crippen molar-refractivity contribution in [3.63, 3.8) is 0 Å². The molecule has 0 radical (unpaired) electrons. The van der Waals surface area contributed by atoms with Crippen molar-refractivity contribution in [3.05, 3.63) is 34.6 Å². The van der Waals surface area contributed by atoms with E-state index in [0.717, 1.165) is 44.6 Å². The monoisotopic (exact) mass is 370 g/mol. The Morgan fingerprint density at radius 1 is 1.18 bits per heavy atom. The molecule has 1 heterocycles. The molecule has 1 aromatic rings. The summed E-state index contributed by atoms with van der Waals surface area (Å²) >= 11 is 6.28. The average Bonchev–Trinajstić information content (AvgIpc) is 2.42. The zero-order valence-corrected chi connectivity index (χ0v) is 15.5. The van der Waals surface area contributed by atoms with E-state index in [1.54, 1.807) is 0 Å². The van der Waals surface area contributed by atoms with E-state index in [2.05, 4.69) is 24.1 Å². The van der Waals surface area contributed by atoms with E-state index >= 15 is 0 Å². The van der Waals surface area contributed by atoms with Crippen LogP contribution >= 0.6 is 36.4 Å². The molecule has 1 fully saturated rings. The molecule has 1 atom stereocenters. The fraction of sp³-hybridized carbons (Fsp3) is 0.625. The van der Waals surface area contributed by atoms with Gasteiger partial charge in [-0.1, -0.05) is 31.5 Å². The average molecular weight is 372 g/mol. The van der Waals surface area contributed by atoms with Crippen molar-refractivity contribution in [2.75, 3.05) is 26.2 Å². The van der Waals surface area contributed by atoms with Crippen LogP contribution in [0.3, 0.4) is 0 Å². The molecule has 1 aromatic carbocycles. The lowest BCUT2D eigenvalue weighted by atomic mass is 9.95. The van der Waals surface area contributed by atoms with Gasteiger partial charge in [-0.3, -0.25) is 4.90 Å². The van der Waals surface area contributed by atoms with Gasteiger partial charge in [0.05, 0.1) is 0 Å². The first-order valence-corrected chi connectivity index (χ1v) is 7.85. The summed E-state index contributed by atoms with van der Waals surface area (Å²) < 4.78 is 13.3. The largest absolute Gasteiger partial charge is 0.314 e. The van der Waals surface area contributed by atoms with E-state index in [-0.39, 0.29) is 30.6 Å². The third-order valence-electron chi connectivity index (χ3n) is 3.93. The van der Waals surface area contributed by atoms with Gasteiger partial charge in [0.15, 0.2) is 0 Å². The van der Waals surface area contributed by atoms with Gasteiger partial charge in [-0.2, -0.15) is 0 Å². The quantitative estimate of drug-likeness (QED) is 0.806. The topological polar surface area (TPSA) is 15.3 Å². The second kappa shape index (κ2) is 10.7. The minimum Gasteiger partial charge on any atom is -0.314 e. The van der Waals surface area contributed by atoms with Gasteiger partial charge in [0.2, 0.25) is 0 Å². The Bertz CT molecular complexity index is 437. The van der Waals surface area contributed by atoms with Gasteiger partial charge in [-0.15, -0.1) is 24.8 Å². The van der Waals surface area contributed by atoms with Crippen molar-refractivity contribution < 1.29 is 4.39 Å². The molecule has 0 saturated carbocycles. The standard InChI is InChI=1S/C16H24ClFN2.2ClH/c1-12(2)3-6-16(20-9-7-19-8-10-20)14-5-4-13(18)11-15(14)17;;/h4-5,11-12,16,19H,3,6-10H2,1-2H3;2*1H/t16-;;/m0../s1. The molecule has 0 bridgehead atoms. The van der Waals surface area contributed by atoms with Gasteiger partial charge < -0.3 is 5.32 Å². The van der Waals surface area contributed by atoms with Crippen LogP contribution in [0.2, 0.25) is 5.02 Å². The lowest BCUT2D eigenvalue weighted by molar-refractivity contribution is 0.160. The SMILES string of the molecule is CC(C)CC[C@@H](c1ccc(F)cc1Cl)N1CCNCC1.Cl.Cl. The Labute approximate surface area is 150 Å². The number of piperazine rings is 1. The van der Waals surface area contributed by atoms with Crippen molar-refractivity contribution in [2.45, 2.75) is 32.7 Å². The number of nitrogens with one attached hydrogen (secondary N) is 1. The molecule has 0 unspecified atom stereocenters. The van der Waals surface area contributed by atoms with Crippen LogP contribution in [0.25, 0.3) is 0 Å². The highest BCUT2D eigenvalue weighted by Gasteiger charge is 2.24. The van der Waals surface area contributed by atoms with E-state index in [1.165, 1.54) is 12.1 Å². The number of benzene rings is 1. The van der Waals surface area contributed by atoms with Crippen molar-refractivity contribution in [1.82, 2.24) is 10.2 Å². The van der Waals surface area contributed by atoms with E-state index in [4.69, 9.17) is 11.6 Å². The van der Waals surface area contributed by atoms with E-state index in [0.29, 0.717) is 17.0 Å². The Balaban J connectivity index is 0.00000220. The van der Waals surface area contributed by atoms with Gasteiger partial charge >= 0.3 is 0 Å². The summed E-state index contributed by atoms with van der Waals surface area (Å²) in [5.41, 5.74) is 1.07. The molecular weight excluding hydrogens is 346 g/mol. The molecule has 1 aliphatic heterocycles. The molecule has 6 heteroatoms.